The molecule has 9 nitrogen and oxygen atoms in total. The first-order valence-corrected chi connectivity index (χ1v) is 12.5. The van der Waals surface area contributed by atoms with E-state index in [4.69, 9.17) is 25.8 Å². The molecule has 1 aromatic rings. The number of hydrogen-bond acceptors (Lipinski definition) is 7. The molecule has 1 aliphatic carbocycles. The number of nitrogens with one attached hydrogen (secondary N) is 1. The summed E-state index contributed by atoms with van der Waals surface area (Å²) in [5.74, 6) is -1.24. The maximum absolute atomic E-state index is 13.2. The average Bonchev–Trinajstić information content (AvgIpc) is 2.76. The largest absolute Gasteiger partial charge is 0.444 e. The molecule has 1 aliphatic rings. The van der Waals surface area contributed by atoms with Crippen LogP contribution in [-0.2, 0) is 29.3 Å². The van der Waals surface area contributed by atoms with E-state index in [2.05, 4.69) is 5.32 Å². The molecule has 0 spiro atoms. The lowest BCUT2D eigenvalue weighted by Crippen LogP contribution is -2.55. The molecule has 36 heavy (non-hydrogen) atoms. The summed E-state index contributed by atoms with van der Waals surface area (Å²) < 4.78 is 15.9. The van der Waals surface area contributed by atoms with E-state index in [0.717, 1.165) is 12.8 Å². The van der Waals surface area contributed by atoms with E-state index in [9.17, 15) is 19.2 Å². The molecule has 3 atom stereocenters. The van der Waals surface area contributed by atoms with Crippen molar-refractivity contribution in [2.75, 3.05) is 7.05 Å². The highest BCUT2D eigenvalue weighted by molar-refractivity contribution is 6.31. The number of ketones is 1. The predicted molar refractivity (Wildman–Crippen MR) is 134 cm³/mol. The highest BCUT2D eigenvalue weighted by atomic mass is 35.5. The zero-order valence-corrected chi connectivity index (χ0v) is 22.8. The first-order chi connectivity index (χ1) is 16.7. The van der Waals surface area contributed by atoms with E-state index < -0.39 is 41.6 Å². The van der Waals surface area contributed by atoms with Crippen LogP contribution in [0.2, 0.25) is 5.02 Å². The maximum atomic E-state index is 13.2. The van der Waals surface area contributed by atoms with Crippen LogP contribution in [0.25, 0.3) is 0 Å². The molecule has 0 radical (unpaired) electrons. The summed E-state index contributed by atoms with van der Waals surface area (Å²) in [5, 5.41) is 2.87. The van der Waals surface area contributed by atoms with Crippen molar-refractivity contribution >= 4 is 35.5 Å². The molecule has 1 N–H and O–H groups in total. The first kappa shape index (κ1) is 29.4. The fourth-order valence-electron chi connectivity index (χ4n) is 4.20. The van der Waals surface area contributed by atoms with Crippen molar-refractivity contribution in [2.24, 2.45) is 5.92 Å². The Balaban J connectivity index is 2.14. The fraction of sp³-hybridized carbons (Fsp3) is 0.615. The lowest BCUT2D eigenvalue weighted by Gasteiger charge is -2.43. The molecule has 0 bridgehead atoms. The van der Waals surface area contributed by atoms with Crippen LogP contribution in [0, 0.1) is 5.92 Å². The molecule has 2 rings (SSSR count). The van der Waals surface area contributed by atoms with E-state index >= 15 is 0 Å². The number of likely N-dealkylation sites (N-methyl/N-ethyl adjacent to an activating group) is 1. The van der Waals surface area contributed by atoms with Gasteiger partial charge in [0.15, 0.2) is 5.78 Å². The summed E-state index contributed by atoms with van der Waals surface area (Å²) in [4.78, 5) is 52.5. The second kappa shape index (κ2) is 12.0. The van der Waals surface area contributed by atoms with E-state index in [-0.39, 0.29) is 11.7 Å². The van der Waals surface area contributed by atoms with Gasteiger partial charge in [-0.15, -0.1) is 0 Å². The molecule has 1 aromatic carbocycles. The Morgan fingerprint density at radius 1 is 1.08 bits per heavy atom. The number of ether oxygens (including phenoxy) is 3. The van der Waals surface area contributed by atoms with Gasteiger partial charge in [0.1, 0.15) is 17.2 Å². The van der Waals surface area contributed by atoms with Crippen LogP contribution in [0.15, 0.2) is 24.3 Å². The van der Waals surface area contributed by atoms with Gasteiger partial charge in [0.05, 0.1) is 0 Å². The zero-order valence-electron chi connectivity index (χ0n) is 22.1. The Hall–Kier alpha value is -2.81. The van der Waals surface area contributed by atoms with E-state index in [0.29, 0.717) is 23.4 Å². The summed E-state index contributed by atoms with van der Waals surface area (Å²) in [7, 11) is 1.48. The van der Waals surface area contributed by atoms with Gasteiger partial charge in [-0.2, -0.15) is 0 Å². The molecule has 1 unspecified atom stereocenters. The summed E-state index contributed by atoms with van der Waals surface area (Å²) in [6.45, 7) is 9.98. The number of carbonyl (C=O) groups is 4. The van der Waals surface area contributed by atoms with Gasteiger partial charge in [-0.1, -0.05) is 43.6 Å². The molecule has 200 valence electrons. The molecule has 1 saturated carbocycles. The van der Waals surface area contributed by atoms with Crippen LogP contribution >= 0.6 is 11.6 Å². The van der Waals surface area contributed by atoms with Gasteiger partial charge in [0.2, 0.25) is 6.29 Å². The molecule has 0 aromatic heterocycles. The number of Topliss-reactive ketones (excluding diaryl/α,β-unsaturated/α-hetero) is 1. The standard InChI is InChI=1S/C26H37ClN2O7/c1-16(2)21(28-23(32)36-25(4,5)6)22(31)34-17(3)35-24(33)29(7)26(15-11-10-14-20(26)30)18-12-8-9-13-19(18)27/h8-9,12-13,16-17,21H,10-11,14-15H2,1-7H3,(H,28,32)/t17?,21-,26-/m0/s1. The van der Waals surface area contributed by atoms with Gasteiger partial charge in [-0.05, 0) is 52.0 Å². The SMILES string of the molecule is CC(OC(=O)[C@@H](NC(=O)OC(C)(C)C)C(C)C)OC(=O)N(C)[C@]1(c2ccccc2Cl)CCCCC1=O. The topological polar surface area (TPSA) is 111 Å². The fourth-order valence-corrected chi connectivity index (χ4v) is 4.49. The Labute approximate surface area is 217 Å². The first-order valence-electron chi connectivity index (χ1n) is 12.1. The van der Waals surface area contributed by atoms with Crippen LogP contribution in [0.3, 0.4) is 0 Å². The van der Waals surface area contributed by atoms with Gasteiger partial charge in [-0.3, -0.25) is 9.69 Å². The van der Waals surface area contributed by atoms with Gasteiger partial charge in [0, 0.05) is 31.0 Å². The van der Waals surface area contributed by atoms with Crippen molar-refractivity contribution < 1.29 is 33.4 Å². The van der Waals surface area contributed by atoms with Crippen molar-refractivity contribution in [3.05, 3.63) is 34.9 Å². The molecule has 0 aliphatic heterocycles. The third-order valence-corrected chi connectivity index (χ3v) is 6.29. The molecule has 0 heterocycles. The van der Waals surface area contributed by atoms with Crippen molar-refractivity contribution in [1.29, 1.82) is 0 Å². The number of esters is 1. The van der Waals surface area contributed by atoms with Crippen molar-refractivity contribution in [1.82, 2.24) is 10.2 Å². The van der Waals surface area contributed by atoms with Gasteiger partial charge in [-0.25, -0.2) is 14.4 Å². The monoisotopic (exact) mass is 524 g/mol. The number of benzene rings is 1. The number of carbonyl (C=O) groups excluding carboxylic acids is 4. The van der Waals surface area contributed by atoms with Gasteiger partial charge in [0.25, 0.3) is 0 Å². The number of rotatable bonds is 7. The molecular weight excluding hydrogens is 488 g/mol. The predicted octanol–water partition coefficient (Wildman–Crippen LogP) is 5.19. The van der Waals surface area contributed by atoms with Crippen LogP contribution in [0.4, 0.5) is 9.59 Å². The number of nitrogens with zero attached hydrogens (tertiary/aromatic N) is 1. The van der Waals surface area contributed by atoms with E-state index in [1.165, 1.54) is 18.9 Å². The lowest BCUT2D eigenvalue weighted by atomic mass is 9.74. The molecule has 1 fully saturated rings. The van der Waals surface area contributed by atoms with E-state index in [1.54, 1.807) is 58.9 Å². The highest BCUT2D eigenvalue weighted by Gasteiger charge is 2.49. The number of amides is 2. The second-order valence-corrected chi connectivity index (χ2v) is 10.7. The average molecular weight is 525 g/mol. The number of hydrogen-bond donors (Lipinski definition) is 1. The van der Waals surface area contributed by atoms with Crippen molar-refractivity contribution in [3.63, 3.8) is 0 Å². The minimum atomic E-state index is -1.28. The third kappa shape index (κ3) is 7.12. The Kier molecular flexibility index (Phi) is 9.77. The minimum absolute atomic E-state index is 0.132. The summed E-state index contributed by atoms with van der Waals surface area (Å²) >= 11 is 6.44. The van der Waals surface area contributed by atoms with Gasteiger partial charge >= 0.3 is 18.2 Å². The number of alkyl carbamates (subject to hydrolysis) is 1. The smallest absolute Gasteiger partial charge is 0.413 e. The minimum Gasteiger partial charge on any atom is -0.444 e. The zero-order chi connectivity index (χ0) is 27.3. The third-order valence-electron chi connectivity index (χ3n) is 5.96. The Bertz CT molecular complexity index is 975. The van der Waals surface area contributed by atoms with Crippen molar-refractivity contribution in [2.45, 2.75) is 90.7 Å². The summed E-state index contributed by atoms with van der Waals surface area (Å²) in [6, 6.07) is 5.90. The maximum Gasteiger partial charge on any atom is 0.413 e. The molecule has 2 amide bonds. The van der Waals surface area contributed by atoms with E-state index in [1.807, 2.05) is 0 Å². The normalized spacial score (nSPS) is 19.8. The van der Waals surface area contributed by atoms with Crippen LogP contribution in [-0.4, -0.2) is 53.8 Å². The number of halogens is 1. The van der Waals surface area contributed by atoms with Crippen molar-refractivity contribution in [3.8, 4) is 0 Å². The quantitative estimate of drug-likeness (QED) is 0.386. The summed E-state index contributed by atoms with van der Waals surface area (Å²) in [5.41, 5.74) is -1.49. The lowest BCUT2D eigenvalue weighted by molar-refractivity contribution is -0.171. The van der Waals surface area contributed by atoms with Crippen LogP contribution in [0.1, 0.15) is 72.8 Å². The summed E-state index contributed by atoms with van der Waals surface area (Å²) in [6.07, 6.45) is -0.734. The van der Waals surface area contributed by atoms with Crippen LogP contribution in [0.5, 0.6) is 0 Å². The molecule has 10 heteroatoms. The Morgan fingerprint density at radius 2 is 1.72 bits per heavy atom. The molecular formula is C26H37ClN2O7. The second-order valence-electron chi connectivity index (χ2n) is 10.3. The Morgan fingerprint density at radius 3 is 2.28 bits per heavy atom. The molecule has 0 saturated heterocycles. The highest BCUT2D eigenvalue weighted by Crippen LogP contribution is 2.42. The van der Waals surface area contributed by atoms with Gasteiger partial charge < -0.3 is 19.5 Å². The van der Waals surface area contributed by atoms with Crippen LogP contribution < -0.4 is 5.32 Å².